The fourth-order valence-corrected chi connectivity index (χ4v) is 3.83. The van der Waals surface area contributed by atoms with Crippen LogP contribution in [0.4, 0.5) is 0 Å². The highest BCUT2D eigenvalue weighted by atomic mass is 16.6. The Bertz CT molecular complexity index is 799. The maximum Gasteiger partial charge on any atom is 0.253 e. The van der Waals surface area contributed by atoms with E-state index >= 15 is 0 Å². The molecule has 0 unspecified atom stereocenters. The van der Waals surface area contributed by atoms with E-state index in [1.165, 1.54) is 12.2 Å². The molecule has 286 valence electrons. The van der Waals surface area contributed by atoms with Gasteiger partial charge in [0.2, 0.25) is 0 Å². The number of methoxy groups -OCH3 is 1. The van der Waals surface area contributed by atoms with E-state index in [4.69, 9.17) is 56.8 Å². The Morgan fingerprint density at radius 3 is 0.980 bits per heavy atom. The second-order valence-corrected chi connectivity index (χ2v) is 10.3. The van der Waals surface area contributed by atoms with Crippen molar-refractivity contribution in [1.82, 2.24) is 4.90 Å². The summed E-state index contributed by atoms with van der Waals surface area (Å²) < 4.78 is 64.7. The smallest absolute Gasteiger partial charge is 0.253 e. The molecule has 0 saturated heterocycles. The zero-order valence-corrected chi connectivity index (χ0v) is 29.3. The normalized spacial score (nSPS) is 13.0. The number of ketones is 1. The first kappa shape index (κ1) is 45.1. The van der Waals surface area contributed by atoms with Gasteiger partial charge in [0, 0.05) is 45.3 Å². The summed E-state index contributed by atoms with van der Waals surface area (Å²) in [6, 6.07) is 0. The molecule has 49 heavy (non-hydrogen) atoms. The standard InChI is InChI=1S/C33H59NO15/c1-38-9-10-40-13-14-42-17-18-44-21-22-46-25-26-48-29-30-49-28-27-47-24-23-45-20-19-43-16-15-41-12-11-39-8-2-3-31(35)6-7-34-32(36)4-5-33(34)37/h4-5H,2-3,6-30H2,1H3. The third-order valence-electron chi connectivity index (χ3n) is 6.41. The van der Waals surface area contributed by atoms with Crippen molar-refractivity contribution in [2.45, 2.75) is 19.3 Å². The number of hydrogen-bond acceptors (Lipinski definition) is 15. The molecule has 1 aliphatic rings. The molecule has 0 N–H and O–H groups in total. The molecule has 0 atom stereocenters. The molecule has 0 aromatic heterocycles. The van der Waals surface area contributed by atoms with Crippen LogP contribution in [0.1, 0.15) is 19.3 Å². The lowest BCUT2D eigenvalue weighted by Crippen LogP contribution is -2.32. The minimum atomic E-state index is -0.369. The number of rotatable bonds is 40. The first-order valence-corrected chi connectivity index (χ1v) is 17.0. The first-order valence-electron chi connectivity index (χ1n) is 17.0. The Labute approximate surface area is 290 Å². The fourth-order valence-electron chi connectivity index (χ4n) is 3.83. The van der Waals surface area contributed by atoms with Gasteiger partial charge in [-0.25, -0.2) is 0 Å². The number of imide groups is 1. The Morgan fingerprint density at radius 1 is 0.429 bits per heavy atom. The van der Waals surface area contributed by atoms with Gasteiger partial charge in [-0.15, -0.1) is 0 Å². The van der Waals surface area contributed by atoms with E-state index in [9.17, 15) is 14.4 Å². The van der Waals surface area contributed by atoms with E-state index in [0.717, 1.165) is 4.90 Å². The maximum absolute atomic E-state index is 11.9. The molecule has 2 amide bonds. The molecule has 1 heterocycles. The van der Waals surface area contributed by atoms with E-state index in [0.29, 0.717) is 165 Å². The molecule has 0 aromatic carbocycles. The Kier molecular flexibility index (Phi) is 33.0. The van der Waals surface area contributed by atoms with Gasteiger partial charge in [0.15, 0.2) is 0 Å². The number of carbonyl (C=O) groups excluding carboxylic acids is 3. The van der Waals surface area contributed by atoms with Crippen molar-refractivity contribution in [2.24, 2.45) is 0 Å². The van der Waals surface area contributed by atoms with Gasteiger partial charge >= 0.3 is 0 Å². The van der Waals surface area contributed by atoms with Crippen molar-refractivity contribution in [3.05, 3.63) is 12.2 Å². The van der Waals surface area contributed by atoms with Crippen LogP contribution in [0.2, 0.25) is 0 Å². The Balaban J connectivity index is 1.64. The van der Waals surface area contributed by atoms with Crippen LogP contribution in [0.5, 0.6) is 0 Å². The lowest BCUT2D eigenvalue weighted by atomic mass is 10.1. The summed E-state index contributed by atoms with van der Waals surface area (Å²) in [5, 5.41) is 0. The highest BCUT2D eigenvalue weighted by Gasteiger charge is 2.23. The predicted molar refractivity (Wildman–Crippen MR) is 176 cm³/mol. The van der Waals surface area contributed by atoms with Crippen LogP contribution in [0.15, 0.2) is 12.2 Å². The predicted octanol–water partition coefficient (Wildman–Crippen LogP) is 0.480. The monoisotopic (exact) mass is 709 g/mol. The fraction of sp³-hybridized carbons (Fsp3) is 0.848. The van der Waals surface area contributed by atoms with Crippen LogP contribution in [0.25, 0.3) is 0 Å². The van der Waals surface area contributed by atoms with E-state index in [2.05, 4.69) is 0 Å². The van der Waals surface area contributed by atoms with Gasteiger partial charge in [0.1, 0.15) is 5.78 Å². The van der Waals surface area contributed by atoms with Crippen molar-refractivity contribution in [3.8, 4) is 0 Å². The first-order chi connectivity index (χ1) is 24.1. The van der Waals surface area contributed by atoms with Crippen molar-refractivity contribution in [1.29, 1.82) is 0 Å². The molecular weight excluding hydrogens is 650 g/mol. The van der Waals surface area contributed by atoms with Gasteiger partial charge in [-0.3, -0.25) is 19.3 Å². The van der Waals surface area contributed by atoms with Crippen molar-refractivity contribution >= 4 is 17.6 Å². The molecule has 16 nitrogen and oxygen atoms in total. The minimum Gasteiger partial charge on any atom is -0.382 e. The van der Waals surface area contributed by atoms with Crippen LogP contribution >= 0.6 is 0 Å². The number of hydrogen-bond donors (Lipinski definition) is 0. The summed E-state index contributed by atoms with van der Waals surface area (Å²) in [5.74, 6) is -0.742. The van der Waals surface area contributed by atoms with Crippen LogP contribution in [-0.4, -0.2) is 188 Å². The summed E-state index contributed by atoms with van der Waals surface area (Å²) >= 11 is 0. The van der Waals surface area contributed by atoms with Gasteiger partial charge < -0.3 is 56.8 Å². The highest BCUT2D eigenvalue weighted by molar-refractivity contribution is 6.13. The molecule has 0 aliphatic carbocycles. The quantitative estimate of drug-likeness (QED) is 0.0637. The van der Waals surface area contributed by atoms with Crippen LogP contribution in [0, 0.1) is 0 Å². The second kappa shape index (κ2) is 35.9. The summed E-state index contributed by atoms with van der Waals surface area (Å²) in [5.41, 5.74) is 0. The Morgan fingerprint density at radius 2 is 0.694 bits per heavy atom. The number of Topliss-reactive ketones (excluding diaryl/α,β-unsaturated/α-hetero) is 1. The Hall–Kier alpha value is -1.93. The van der Waals surface area contributed by atoms with Crippen LogP contribution < -0.4 is 0 Å². The highest BCUT2D eigenvalue weighted by Crippen LogP contribution is 2.06. The van der Waals surface area contributed by atoms with Crippen LogP contribution in [-0.2, 0) is 71.2 Å². The SMILES string of the molecule is COCCOCCOCCOCCOCCOCCOCCOCCOCCOCCOCCOCCCC(=O)CCN1C(=O)C=CC1=O. The van der Waals surface area contributed by atoms with Gasteiger partial charge in [0.25, 0.3) is 11.8 Å². The molecule has 0 spiro atoms. The number of carbonyl (C=O) groups is 3. The number of amides is 2. The molecule has 0 fully saturated rings. The molecule has 0 aromatic rings. The maximum atomic E-state index is 11.9. The van der Waals surface area contributed by atoms with Gasteiger partial charge in [-0.2, -0.15) is 0 Å². The molecular formula is C33H59NO15. The number of nitrogens with zero attached hydrogens (tertiary/aromatic N) is 1. The third-order valence-corrected chi connectivity index (χ3v) is 6.41. The van der Waals surface area contributed by atoms with E-state index in [1.807, 2.05) is 0 Å². The lowest BCUT2D eigenvalue weighted by molar-refractivity contribution is -0.137. The van der Waals surface area contributed by atoms with E-state index in [1.54, 1.807) is 7.11 Å². The molecule has 0 bridgehead atoms. The third kappa shape index (κ3) is 30.6. The van der Waals surface area contributed by atoms with Gasteiger partial charge in [-0.05, 0) is 6.42 Å². The van der Waals surface area contributed by atoms with Gasteiger partial charge in [-0.1, -0.05) is 0 Å². The summed E-state index contributed by atoms with van der Waals surface area (Å²) in [6.45, 7) is 11.5. The zero-order valence-electron chi connectivity index (χ0n) is 29.3. The largest absolute Gasteiger partial charge is 0.382 e. The van der Waals surface area contributed by atoms with E-state index in [-0.39, 0.29) is 30.6 Å². The van der Waals surface area contributed by atoms with E-state index < -0.39 is 0 Å². The zero-order chi connectivity index (χ0) is 35.3. The van der Waals surface area contributed by atoms with Gasteiger partial charge in [0.05, 0.1) is 145 Å². The summed E-state index contributed by atoms with van der Waals surface area (Å²) in [7, 11) is 1.64. The van der Waals surface area contributed by atoms with Crippen molar-refractivity contribution < 1.29 is 71.2 Å². The topological polar surface area (TPSA) is 165 Å². The number of ether oxygens (including phenoxy) is 12. The molecule has 1 aliphatic heterocycles. The molecule has 0 saturated carbocycles. The second-order valence-electron chi connectivity index (χ2n) is 10.3. The summed E-state index contributed by atoms with van der Waals surface area (Å²) in [6.07, 6.45) is 3.52. The van der Waals surface area contributed by atoms with Crippen molar-refractivity contribution in [2.75, 3.05) is 166 Å². The van der Waals surface area contributed by atoms with Crippen molar-refractivity contribution in [3.63, 3.8) is 0 Å². The minimum absolute atomic E-state index is 0.00318. The average molecular weight is 710 g/mol. The average Bonchev–Trinajstić information content (AvgIpc) is 3.43. The molecule has 0 radical (unpaired) electrons. The van der Waals surface area contributed by atoms with Crippen LogP contribution in [0.3, 0.4) is 0 Å². The molecule has 1 rings (SSSR count). The summed E-state index contributed by atoms with van der Waals surface area (Å²) in [4.78, 5) is 35.9. The molecule has 16 heteroatoms. The lowest BCUT2D eigenvalue weighted by Gasteiger charge is -2.12.